The van der Waals surface area contributed by atoms with Crippen LogP contribution in [-0.2, 0) is 14.8 Å². The van der Waals surface area contributed by atoms with Crippen LogP contribution in [0, 0.1) is 21.8 Å². The fourth-order valence-electron chi connectivity index (χ4n) is 2.80. The van der Waals surface area contributed by atoms with E-state index in [1.54, 1.807) is 6.92 Å². The maximum atomic E-state index is 13.1. The molecule has 0 spiro atoms. The van der Waals surface area contributed by atoms with Crippen molar-refractivity contribution in [2.45, 2.75) is 17.9 Å². The van der Waals surface area contributed by atoms with Crippen molar-refractivity contribution < 1.29 is 22.5 Å². The van der Waals surface area contributed by atoms with Crippen molar-refractivity contribution in [1.82, 2.24) is 4.31 Å². The largest absolute Gasteiger partial charge is 0.273 e. The van der Waals surface area contributed by atoms with Gasteiger partial charge in [0, 0.05) is 12.1 Å². The highest BCUT2D eigenvalue weighted by Crippen LogP contribution is 2.43. The summed E-state index contributed by atoms with van der Waals surface area (Å²) in [4.78, 5) is 22.0. The van der Waals surface area contributed by atoms with Crippen LogP contribution in [0.3, 0.4) is 0 Å². The third-order valence-electron chi connectivity index (χ3n) is 4.15. The average molecular weight is 364 g/mol. The third-order valence-corrected chi connectivity index (χ3v) is 5.94. The number of carbonyl (C=O) groups excluding carboxylic acids is 1. The second kappa shape index (κ2) is 5.92. The molecule has 1 aliphatic rings. The summed E-state index contributed by atoms with van der Waals surface area (Å²) in [6.45, 7) is 1.60. The summed E-state index contributed by atoms with van der Waals surface area (Å²) < 4.78 is 39.4. The zero-order valence-corrected chi connectivity index (χ0v) is 13.8. The number of carbonyl (C=O) groups is 1. The Morgan fingerprint density at radius 3 is 2.16 bits per heavy atom. The SMILES string of the molecule is C[C@H]1C(=O)N(S(=O)(=O)c2ccc([N+](=O)[O-])cc2)[C@H]1c1ccc(F)cc1. The lowest BCUT2D eigenvalue weighted by atomic mass is 9.87. The molecule has 0 unspecified atom stereocenters. The van der Waals surface area contributed by atoms with Crippen LogP contribution in [0.15, 0.2) is 53.4 Å². The van der Waals surface area contributed by atoms with Crippen molar-refractivity contribution in [2.75, 3.05) is 0 Å². The monoisotopic (exact) mass is 364 g/mol. The van der Waals surface area contributed by atoms with Crippen molar-refractivity contribution in [1.29, 1.82) is 0 Å². The lowest BCUT2D eigenvalue weighted by molar-refractivity contribution is -0.384. The fraction of sp³-hybridized carbons (Fsp3) is 0.188. The average Bonchev–Trinajstić information content (AvgIpc) is 2.59. The van der Waals surface area contributed by atoms with Gasteiger partial charge in [-0.1, -0.05) is 19.1 Å². The Balaban J connectivity index is 1.98. The molecule has 0 bridgehead atoms. The van der Waals surface area contributed by atoms with Crippen LogP contribution in [0.5, 0.6) is 0 Å². The Hall–Kier alpha value is -2.81. The van der Waals surface area contributed by atoms with Gasteiger partial charge in [0.2, 0.25) is 5.91 Å². The molecule has 0 saturated carbocycles. The van der Waals surface area contributed by atoms with Crippen molar-refractivity contribution in [3.8, 4) is 0 Å². The van der Waals surface area contributed by atoms with E-state index in [-0.39, 0.29) is 10.6 Å². The van der Waals surface area contributed by atoms with E-state index in [0.29, 0.717) is 5.56 Å². The topological polar surface area (TPSA) is 97.6 Å². The number of halogens is 1. The van der Waals surface area contributed by atoms with Crippen LogP contribution in [0.2, 0.25) is 0 Å². The Morgan fingerprint density at radius 2 is 1.64 bits per heavy atom. The molecule has 0 aliphatic carbocycles. The molecule has 0 aromatic heterocycles. The number of sulfonamides is 1. The van der Waals surface area contributed by atoms with Gasteiger partial charge in [0.15, 0.2) is 0 Å². The van der Waals surface area contributed by atoms with Crippen LogP contribution >= 0.6 is 0 Å². The zero-order valence-electron chi connectivity index (χ0n) is 13.0. The first kappa shape index (κ1) is 17.0. The van der Waals surface area contributed by atoms with Crippen molar-refractivity contribution in [3.63, 3.8) is 0 Å². The minimum Gasteiger partial charge on any atom is -0.273 e. The molecule has 3 rings (SSSR count). The Morgan fingerprint density at radius 1 is 1.08 bits per heavy atom. The number of amides is 1. The molecule has 25 heavy (non-hydrogen) atoms. The summed E-state index contributed by atoms with van der Waals surface area (Å²) in [6.07, 6.45) is 0. The van der Waals surface area contributed by atoms with E-state index in [1.807, 2.05) is 0 Å². The lowest BCUT2D eigenvalue weighted by Gasteiger charge is -2.44. The van der Waals surface area contributed by atoms with Gasteiger partial charge in [-0.25, -0.2) is 17.1 Å². The van der Waals surface area contributed by atoms with E-state index in [9.17, 15) is 27.7 Å². The highest BCUT2D eigenvalue weighted by molar-refractivity contribution is 7.89. The van der Waals surface area contributed by atoms with Crippen molar-refractivity contribution in [2.24, 2.45) is 5.92 Å². The molecule has 130 valence electrons. The highest BCUT2D eigenvalue weighted by Gasteiger charge is 2.51. The molecular formula is C16H13FN2O5S. The number of β-lactam (4-membered cyclic amide) rings is 1. The lowest BCUT2D eigenvalue weighted by Crippen LogP contribution is -2.56. The summed E-state index contributed by atoms with van der Waals surface area (Å²) in [5, 5.41) is 10.7. The second-order valence-corrected chi connectivity index (χ2v) is 7.49. The minimum absolute atomic E-state index is 0.217. The van der Waals surface area contributed by atoms with Gasteiger partial charge in [-0.2, -0.15) is 0 Å². The summed E-state index contributed by atoms with van der Waals surface area (Å²) in [7, 11) is -4.17. The van der Waals surface area contributed by atoms with Crippen LogP contribution < -0.4 is 0 Å². The minimum atomic E-state index is -4.17. The summed E-state index contributed by atoms with van der Waals surface area (Å²) in [5.41, 5.74) is 0.247. The molecular weight excluding hydrogens is 351 g/mol. The van der Waals surface area contributed by atoms with Gasteiger partial charge < -0.3 is 0 Å². The second-order valence-electron chi connectivity index (χ2n) is 5.68. The van der Waals surface area contributed by atoms with Crippen molar-refractivity contribution in [3.05, 3.63) is 70.0 Å². The Labute approximate surface area is 142 Å². The molecule has 1 fully saturated rings. The normalized spacial score (nSPS) is 20.2. The van der Waals surface area contributed by atoms with Crippen LogP contribution in [0.4, 0.5) is 10.1 Å². The number of hydrogen-bond acceptors (Lipinski definition) is 5. The van der Waals surface area contributed by atoms with Crippen molar-refractivity contribution >= 4 is 21.6 Å². The molecule has 1 saturated heterocycles. The molecule has 1 aliphatic heterocycles. The number of nitro groups is 1. The highest BCUT2D eigenvalue weighted by atomic mass is 32.2. The molecule has 1 amide bonds. The van der Waals surface area contributed by atoms with Gasteiger partial charge >= 0.3 is 0 Å². The van der Waals surface area contributed by atoms with E-state index in [0.717, 1.165) is 28.6 Å². The van der Waals surface area contributed by atoms with Crippen LogP contribution in [0.25, 0.3) is 0 Å². The predicted octanol–water partition coefficient (Wildman–Crippen LogP) is 2.64. The molecule has 0 radical (unpaired) electrons. The molecule has 1 heterocycles. The molecule has 2 aromatic carbocycles. The van der Waals surface area contributed by atoms with E-state index in [1.165, 1.54) is 24.3 Å². The van der Waals surface area contributed by atoms with Gasteiger partial charge in [0.1, 0.15) is 5.82 Å². The van der Waals surface area contributed by atoms with Gasteiger partial charge in [0.05, 0.1) is 21.8 Å². The smallest absolute Gasteiger partial charge is 0.269 e. The molecule has 7 nitrogen and oxygen atoms in total. The maximum Gasteiger partial charge on any atom is 0.269 e. The number of nitrogens with zero attached hydrogens (tertiary/aromatic N) is 2. The quantitative estimate of drug-likeness (QED) is 0.472. The van der Waals surface area contributed by atoms with Crippen LogP contribution in [0.1, 0.15) is 18.5 Å². The summed E-state index contributed by atoms with van der Waals surface area (Å²) >= 11 is 0. The van der Waals surface area contributed by atoms with E-state index in [2.05, 4.69) is 0 Å². The van der Waals surface area contributed by atoms with Gasteiger partial charge in [-0.05, 0) is 29.8 Å². The fourth-order valence-corrected chi connectivity index (χ4v) is 4.51. The molecule has 2 aromatic rings. The maximum absolute atomic E-state index is 13.1. The first-order valence-electron chi connectivity index (χ1n) is 7.31. The standard InChI is InChI=1S/C16H13FN2O5S/c1-10-15(11-2-4-12(17)5-3-11)18(16(10)20)25(23,24)14-8-6-13(7-9-14)19(21)22/h2-10,15H,1H3/t10-,15-/m1/s1. The Bertz CT molecular complexity index is 941. The third kappa shape index (κ3) is 2.76. The molecule has 2 atom stereocenters. The predicted molar refractivity (Wildman–Crippen MR) is 85.4 cm³/mol. The number of benzene rings is 2. The van der Waals surface area contributed by atoms with Gasteiger partial charge in [0.25, 0.3) is 15.7 Å². The summed E-state index contributed by atoms with van der Waals surface area (Å²) in [6, 6.07) is 8.82. The molecule has 9 heteroatoms. The van der Waals surface area contributed by atoms with Gasteiger partial charge in [-0.15, -0.1) is 0 Å². The Kier molecular flexibility index (Phi) is 4.03. The van der Waals surface area contributed by atoms with Gasteiger partial charge in [-0.3, -0.25) is 14.9 Å². The zero-order chi connectivity index (χ0) is 18.4. The number of non-ortho nitro benzene ring substituents is 1. The van der Waals surface area contributed by atoms with E-state index >= 15 is 0 Å². The number of nitro benzene ring substituents is 1. The summed E-state index contributed by atoms with van der Waals surface area (Å²) in [5.74, 6) is -1.61. The van der Waals surface area contributed by atoms with E-state index < -0.39 is 38.6 Å². The number of hydrogen-bond donors (Lipinski definition) is 0. The van der Waals surface area contributed by atoms with Crippen LogP contribution in [-0.4, -0.2) is 23.6 Å². The molecule has 0 N–H and O–H groups in total. The number of rotatable bonds is 4. The van der Waals surface area contributed by atoms with E-state index in [4.69, 9.17) is 0 Å². The first-order valence-corrected chi connectivity index (χ1v) is 8.75. The first-order chi connectivity index (χ1) is 11.7.